The lowest BCUT2D eigenvalue weighted by atomic mass is 10.1. The Balaban J connectivity index is 4.35. The van der Waals surface area contributed by atoms with Gasteiger partial charge in [0.2, 0.25) is 0 Å². The highest BCUT2D eigenvalue weighted by Gasteiger charge is 2.18. The molecule has 3 N–H and O–H groups in total. The Hall–Kier alpha value is -1.46. The fourth-order valence-electron chi connectivity index (χ4n) is 1.42. The van der Waals surface area contributed by atoms with Crippen LogP contribution in [-0.2, 0) is 0 Å². The molecular formula is C10H22N4O2. The summed E-state index contributed by atoms with van der Waals surface area (Å²) in [5, 5.41) is 11.4. The van der Waals surface area contributed by atoms with E-state index in [1.807, 2.05) is 13.8 Å². The van der Waals surface area contributed by atoms with E-state index in [-0.39, 0.29) is 17.8 Å². The number of oxime groups is 1. The molecule has 1 unspecified atom stereocenters. The Morgan fingerprint density at radius 1 is 1.44 bits per heavy atom. The zero-order valence-corrected chi connectivity index (χ0v) is 10.5. The van der Waals surface area contributed by atoms with Gasteiger partial charge in [-0.15, -0.1) is 0 Å². The number of urea groups is 1. The van der Waals surface area contributed by atoms with Gasteiger partial charge in [0.05, 0.1) is 0 Å². The molecule has 0 aliphatic rings. The van der Waals surface area contributed by atoms with Crippen molar-refractivity contribution in [3.63, 3.8) is 0 Å². The van der Waals surface area contributed by atoms with Crippen LogP contribution in [0.4, 0.5) is 4.79 Å². The minimum atomic E-state index is -0.158. The molecule has 6 nitrogen and oxygen atoms in total. The van der Waals surface area contributed by atoms with Gasteiger partial charge in [0.25, 0.3) is 0 Å². The van der Waals surface area contributed by atoms with Crippen LogP contribution < -0.4 is 5.73 Å². The van der Waals surface area contributed by atoms with Crippen LogP contribution in [0.3, 0.4) is 0 Å². The van der Waals surface area contributed by atoms with Gasteiger partial charge < -0.3 is 20.7 Å². The van der Waals surface area contributed by atoms with E-state index in [0.717, 1.165) is 0 Å². The maximum absolute atomic E-state index is 11.9. The lowest BCUT2D eigenvalue weighted by molar-refractivity contribution is 0.165. The van der Waals surface area contributed by atoms with Crippen LogP contribution in [0.15, 0.2) is 5.16 Å². The molecule has 0 fully saturated rings. The minimum Gasteiger partial charge on any atom is -0.409 e. The standard InChI is InChI=1S/C10H22N4O2/c1-5-14(6-2)10(15)13(4)7-8(3)9(11)12-16/h8,16H,5-7H2,1-4H3,(H2,11,12). The molecule has 1 atom stereocenters. The average Bonchev–Trinajstić information content (AvgIpc) is 2.29. The summed E-state index contributed by atoms with van der Waals surface area (Å²) in [5.41, 5.74) is 5.45. The topological polar surface area (TPSA) is 82.2 Å². The monoisotopic (exact) mass is 230 g/mol. The lowest BCUT2D eigenvalue weighted by Crippen LogP contribution is -2.44. The second-order valence-corrected chi connectivity index (χ2v) is 3.76. The quantitative estimate of drug-likeness (QED) is 0.316. The molecule has 94 valence electrons. The van der Waals surface area contributed by atoms with Crippen molar-refractivity contribution in [2.45, 2.75) is 20.8 Å². The molecule has 0 aromatic carbocycles. The molecule has 0 saturated carbocycles. The summed E-state index contributed by atoms with van der Waals surface area (Å²) in [5.74, 6) is -0.0197. The van der Waals surface area contributed by atoms with Gasteiger partial charge in [-0.05, 0) is 13.8 Å². The predicted octanol–water partition coefficient (Wildman–Crippen LogP) is 0.762. The SMILES string of the molecule is CCN(CC)C(=O)N(C)CC(C)C(N)=NO. The first kappa shape index (κ1) is 14.5. The first-order valence-corrected chi connectivity index (χ1v) is 5.45. The Morgan fingerprint density at radius 3 is 2.31 bits per heavy atom. The van der Waals surface area contributed by atoms with E-state index in [1.165, 1.54) is 0 Å². The van der Waals surface area contributed by atoms with Gasteiger partial charge in [-0.1, -0.05) is 12.1 Å². The molecule has 2 amide bonds. The smallest absolute Gasteiger partial charge is 0.319 e. The molecule has 0 spiro atoms. The summed E-state index contributed by atoms with van der Waals surface area (Å²) < 4.78 is 0. The number of amides is 2. The van der Waals surface area contributed by atoms with E-state index >= 15 is 0 Å². The largest absolute Gasteiger partial charge is 0.409 e. The van der Waals surface area contributed by atoms with Crippen LogP contribution in [0.1, 0.15) is 20.8 Å². The van der Waals surface area contributed by atoms with Crippen molar-refractivity contribution in [1.82, 2.24) is 9.80 Å². The van der Waals surface area contributed by atoms with E-state index in [9.17, 15) is 4.79 Å². The Morgan fingerprint density at radius 2 is 1.94 bits per heavy atom. The Kier molecular flexibility index (Phi) is 6.29. The Labute approximate surface area is 96.7 Å². The van der Waals surface area contributed by atoms with Crippen LogP contribution >= 0.6 is 0 Å². The fourth-order valence-corrected chi connectivity index (χ4v) is 1.42. The molecule has 0 aromatic rings. The molecule has 0 radical (unpaired) electrons. The van der Waals surface area contributed by atoms with Crippen molar-refractivity contribution in [2.75, 3.05) is 26.7 Å². The highest BCUT2D eigenvalue weighted by molar-refractivity contribution is 5.83. The van der Waals surface area contributed by atoms with Gasteiger partial charge in [0.1, 0.15) is 5.84 Å². The van der Waals surface area contributed by atoms with Crippen LogP contribution in [0.5, 0.6) is 0 Å². The predicted molar refractivity (Wildman–Crippen MR) is 63.5 cm³/mol. The van der Waals surface area contributed by atoms with Gasteiger partial charge >= 0.3 is 6.03 Å². The van der Waals surface area contributed by atoms with E-state index in [0.29, 0.717) is 19.6 Å². The zero-order chi connectivity index (χ0) is 12.7. The molecule has 0 bridgehead atoms. The maximum Gasteiger partial charge on any atom is 0.319 e. The number of nitrogens with zero attached hydrogens (tertiary/aromatic N) is 3. The van der Waals surface area contributed by atoms with Gasteiger partial charge in [0.15, 0.2) is 0 Å². The fraction of sp³-hybridized carbons (Fsp3) is 0.800. The highest BCUT2D eigenvalue weighted by atomic mass is 16.4. The molecule has 0 saturated heterocycles. The average molecular weight is 230 g/mol. The number of carbonyl (C=O) groups excluding carboxylic acids is 1. The van der Waals surface area contributed by atoms with Gasteiger partial charge in [-0.2, -0.15) is 0 Å². The number of rotatable bonds is 5. The molecule has 0 aliphatic carbocycles. The summed E-state index contributed by atoms with van der Waals surface area (Å²) in [6, 6.07) is -0.0393. The normalized spacial score (nSPS) is 13.4. The first-order valence-electron chi connectivity index (χ1n) is 5.45. The summed E-state index contributed by atoms with van der Waals surface area (Å²) in [4.78, 5) is 15.2. The third-order valence-corrected chi connectivity index (χ3v) is 2.53. The molecular weight excluding hydrogens is 208 g/mol. The van der Waals surface area contributed by atoms with Gasteiger partial charge in [0, 0.05) is 32.6 Å². The molecule has 0 aromatic heterocycles. The van der Waals surface area contributed by atoms with Crippen LogP contribution in [0.25, 0.3) is 0 Å². The third-order valence-electron chi connectivity index (χ3n) is 2.53. The number of amidine groups is 1. The summed E-state index contributed by atoms with van der Waals surface area (Å²) in [7, 11) is 1.71. The van der Waals surface area contributed by atoms with Crippen molar-refractivity contribution in [3.05, 3.63) is 0 Å². The second-order valence-electron chi connectivity index (χ2n) is 3.76. The van der Waals surface area contributed by atoms with Crippen molar-refractivity contribution in [3.8, 4) is 0 Å². The third kappa shape index (κ3) is 3.96. The van der Waals surface area contributed by atoms with Crippen LogP contribution in [-0.4, -0.2) is 53.6 Å². The number of carbonyl (C=O) groups is 1. The van der Waals surface area contributed by atoms with E-state index < -0.39 is 0 Å². The van der Waals surface area contributed by atoms with Crippen LogP contribution in [0.2, 0.25) is 0 Å². The van der Waals surface area contributed by atoms with Crippen molar-refractivity contribution < 1.29 is 10.0 Å². The molecule has 6 heteroatoms. The second kappa shape index (κ2) is 6.92. The number of nitrogens with two attached hydrogens (primary N) is 1. The van der Waals surface area contributed by atoms with E-state index in [1.54, 1.807) is 23.8 Å². The Bertz CT molecular complexity index is 251. The van der Waals surface area contributed by atoms with Gasteiger partial charge in [-0.3, -0.25) is 0 Å². The van der Waals surface area contributed by atoms with Crippen molar-refractivity contribution >= 4 is 11.9 Å². The lowest BCUT2D eigenvalue weighted by Gasteiger charge is -2.27. The van der Waals surface area contributed by atoms with E-state index in [4.69, 9.17) is 10.9 Å². The molecule has 0 aliphatic heterocycles. The number of hydrogen-bond donors (Lipinski definition) is 2. The molecule has 16 heavy (non-hydrogen) atoms. The van der Waals surface area contributed by atoms with Crippen molar-refractivity contribution in [2.24, 2.45) is 16.8 Å². The summed E-state index contributed by atoms with van der Waals surface area (Å²) in [6.07, 6.45) is 0. The summed E-state index contributed by atoms with van der Waals surface area (Å²) >= 11 is 0. The van der Waals surface area contributed by atoms with Crippen LogP contribution in [0, 0.1) is 5.92 Å². The summed E-state index contributed by atoms with van der Waals surface area (Å²) in [6.45, 7) is 7.46. The minimum absolute atomic E-state index is 0.0393. The van der Waals surface area contributed by atoms with Gasteiger partial charge in [-0.25, -0.2) is 4.79 Å². The van der Waals surface area contributed by atoms with E-state index in [2.05, 4.69) is 5.16 Å². The molecule has 0 rings (SSSR count). The zero-order valence-electron chi connectivity index (χ0n) is 10.5. The number of hydrogen-bond acceptors (Lipinski definition) is 3. The maximum atomic E-state index is 11.9. The highest BCUT2D eigenvalue weighted by Crippen LogP contribution is 2.02. The van der Waals surface area contributed by atoms with Crippen molar-refractivity contribution in [1.29, 1.82) is 0 Å². The molecule has 0 heterocycles. The first-order chi connectivity index (χ1) is 7.47.